The Morgan fingerprint density at radius 2 is 2.05 bits per heavy atom. The molecule has 2 unspecified atom stereocenters. The maximum atomic E-state index is 14.2. The topological polar surface area (TPSA) is 38.5 Å². The highest BCUT2D eigenvalue weighted by Crippen LogP contribution is 2.43. The van der Waals surface area contributed by atoms with Gasteiger partial charge in [-0.3, -0.25) is 4.90 Å². The molecule has 0 aromatic heterocycles. The van der Waals surface area contributed by atoms with Crippen molar-refractivity contribution in [3.05, 3.63) is 35.9 Å². The summed E-state index contributed by atoms with van der Waals surface area (Å²) in [5.41, 5.74) is 5.47. The van der Waals surface area contributed by atoms with Gasteiger partial charge in [-0.1, -0.05) is 30.3 Å². The molecule has 2 atom stereocenters. The predicted molar refractivity (Wildman–Crippen MR) is 67.9 cm³/mol. The molecule has 2 bridgehead atoms. The van der Waals surface area contributed by atoms with Crippen molar-refractivity contribution in [3.63, 3.8) is 0 Å². The van der Waals surface area contributed by atoms with Gasteiger partial charge in [0, 0.05) is 19.6 Å². The summed E-state index contributed by atoms with van der Waals surface area (Å²) in [5, 5.41) is 0. The van der Waals surface area contributed by atoms with Gasteiger partial charge in [0.25, 0.3) is 5.92 Å². The summed E-state index contributed by atoms with van der Waals surface area (Å²) >= 11 is 0. The lowest BCUT2D eigenvalue weighted by Gasteiger charge is -2.52. The molecule has 2 aliphatic rings. The molecule has 3 rings (SSSR count). The standard InChI is InChI=1S/C14H18F2N2O/c15-14(16)12-7-18(6-11-4-2-1-3-5-11)9-13(14,17)10-19-8-12/h1-5,12H,6-10,17H2. The fourth-order valence-electron chi connectivity index (χ4n) is 3.05. The van der Waals surface area contributed by atoms with Crippen LogP contribution in [0.3, 0.4) is 0 Å². The molecule has 2 saturated heterocycles. The minimum atomic E-state index is -2.83. The van der Waals surface area contributed by atoms with Crippen LogP contribution in [-0.2, 0) is 11.3 Å². The highest BCUT2D eigenvalue weighted by Gasteiger charge is 2.62. The summed E-state index contributed by atoms with van der Waals surface area (Å²) in [6.07, 6.45) is 0. The molecule has 3 nitrogen and oxygen atoms in total. The Labute approximate surface area is 111 Å². The van der Waals surface area contributed by atoms with Crippen molar-refractivity contribution in [2.75, 3.05) is 26.3 Å². The minimum Gasteiger partial charge on any atom is -0.379 e. The van der Waals surface area contributed by atoms with Gasteiger partial charge in [-0.05, 0) is 5.56 Å². The van der Waals surface area contributed by atoms with E-state index in [-0.39, 0.29) is 19.8 Å². The monoisotopic (exact) mass is 268 g/mol. The first-order valence-corrected chi connectivity index (χ1v) is 6.52. The van der Waals surface area contributed by atoms with Crippen molar-refractivity contribution in [1.82, 2.24) is 4.90 Å². The van der Waals surface area contributed by atoms with Gasteiger partial charge in [0.15, 0.2) is 0 Å². The van der Waals surface area contributed by atoms with E-state index in [4.69, 9.17) is 10.5 Å². The van der Waals surface area contributed by atoms with Crippen LogP contribution in [0.15, 0.2) is 30.3 Å². The van der Waals surface area contributed by atoms with Crippen molar-refractivity contribution in [2.45, 2.75) is 18.0 Å². The molecule has 1 aromatic carbocycles. The number of rotatable bonds is 2. The number of halogens is 2. The zero-order chi connectivity index (χ0) is 13.5. The fraction of sp³-hybridized carbons (Fsp3) is 0.571. The molecule has 0 aliphatic carbocycles. The van der Waals surface area contributed by atoms with E-state index in [1.807, 2.05) is 35.2 Å². The van der Waals surface area contributed by atoms with E-state index in [1.54, 1.807) is 0 Å². The maximum absolute atomic E-state index is 14.2. The minimum absolute atomic E-state index is 0.0677. The Hall–Kier alpha value is -1.04. The molecule has 0 amide bonds. The maximum Gasteiger partial charge on any atom is 0.275 e. The van der Waals surface area contributed by atoms with Crippen LogP contribution in [0.5, 0.6) is 0 Å². The third-order valence-electron chi connectivity index (χ3n) is 4.09. The van der Waals surface area contributed by atoms with E-state index in [0.29, 0.717) is 13.1 Å². The molecule has 2 aliphatic heterocycles. The first-order chi connectivity index (χ1) is 9.01. The van der Waals surface area contributed by atoms with Gasteiger partial charge in [0.2, 0.25) is 0 Å². The lowest BCUT2D eigenvalue weighted by molar-refractivity contribution is -0.229. The Balaban J connectivity index is 1.77. The number of alkyl halides is 2. The highest BCUT2D eigenvalue weighted by atomic mass is 19.3. The lowest BCUT2D eigenvalue weighted by Crippen LogP contribution is -2.74. The molecule has 2 heterocycles. The number of fused-ring (bicyclic) bond motifs is 2. The Bertz CT molecular complexity index is 454. The van der Waals surface area contributed by atoms with E-state index in [2.05, 4.69) is 0 Å². The summed E-state index contributed by atoms with van der Waals surface area (Å²) in [7, 11) is 0. The van der Waals surface area contributed by atoms with Crippen LogP contribution >= 0.6 is 0 Å². The summed E-state index contributed by atoms with van der Waals surface area (Å²) < 4.78 is 33.6. The number of ether oxygens (including phenoxy) is 1. The SMILES string of the molecule is NC12COCC(CN(Cc3ccccc3)C1)C2(F)F. The summed E-state index contributed by atoms with van der Waals surface area (Å²) in [5.74, 6) is -3.64. The van der Waals surface area contributed by atoms with Gasteiger partial charge in [0.1, 0.15) is 5.54 Å². The van der Waals surface area contributed by atoms with Crippen LogP contribution in [0.25, 0.3) is 0 Å². The smallest absolute Gasteiger partial charge is 0.275 e. The van der Waals surface area contributed by atoms with E-state index in [0.717, 1.165) is 5.56 Å². The van der Waals surface area contributed by atoms with Gasteiger partial charge in [-0.2, -0.15) is 0 Å². The van der Waals surface area contributed by atoms with Gasteiger partial charge >= 0.3 is 0 Å². The quantitative estimate of drug-likeness (QED) is 0.883. The van der Waals surface area contributed by atoms with E-state index < -0.39 is 17.4 Å². The van der Waals surface area contributed by atoms with E-state index in [9.17, 15) is 8.78 Å². The van der Waals surface area contributed by atoms with E-state index in [1.165, 1.54) is 0 Å². The van der Waals surface area contributed by atoms with Crippen molar-refractivity contribution in [1.29, 1.82) is 0 Å². The number of piperidine rings is 1. The molecule has 0 spiro atoms. The molecule has 104 valence electrons. The second-order valence-corrected chi connectivity index (χ2v) is 5.65. The summed E-state index contributed by atoms with van der Waals surface area (Å²) in [6.45, 7) is 1.19. The molecular weight excluding hydrogens is 250 g/mol. The Morgan fingerprint density at radius 3 is 2.74 bits per heavy atom. The van der Waals surface area contributed by atoms with Gasteiger partial charge in [-0.15, -0.1) is 0 Å². The van der Waals surface area contributed by atoms with Crippen LogP contribution in [0.4, 0.5) is 8.78 Å². The van der Waals surface area contributed by atoms with Crippen molar-refractivity contribution >= 4 is 0 Å². The van der Waals surface area contributed by atoms with Gasteiger partial charge < -0.3 is 10.5 Å². The molecule has 0 saturated carbocycles. The normalized spacial score (nSPS) is 34.2. The number of nitrogens with zero attached hydrogens (tertiary/aromatic N) is 1. The van der Waals surface area contributed by atoms with Crippen LogP contribution in [-0.4, -0.2) is 42.7 Å². The van der Waals surface area contributed by atoms with Crippen LogP contribution < -0.4 is 5.73 Å². The fourth-order valence-corrected chi connectivity index (χ4v) is 3.05. The zero-order valence-corrected chi connectivity index (χ0v) is 10.7. The molecule has 19 heavy (non-hydrogen) atoms. The number of benzene rings is 1. The molecular formula is C14H18F2N2O. The van der Waals surface area contributed by atoms with Crippen LogP contribution in [0, 0.1) is 5.92 Å². The number of hydrogen-bond acceptors (Lipinski definition) is 3. The van der Waals surface area contributed by atoms with Crippen LogP contribution in [0.2, 0.25) is 0 Å². The molecule has 2 fully saturated rings. The Morgan fingerprint density at radius 1 is 1.32 bits per heavy atom. The van der Waals surface area contributed by atoms with Gasteiger partial charge in [0.05, 0.1) is 19.1 Å². The number of hydrogen-bond donors (Lipinski definition) is 1. The molecule has 1 aromatic rings. The lowest BCUT2D eigenvalue weighted by atomic mass is 9.78. The first kappa shape index (κ1) is 13.0. The van der Waals surface area contributed by atoms with Crippen molar-refractivity contribution < 1.29 is 13.5 Å². The van der Waals surface area contributed by atoms with Crippen molar-refractivity contribution in [2.24, 2.45) is 11.7 Å². The summed E-state index contributed by atoms with van der Waals surface area (Å²) in [6, 6.07) is 9.86. The Kier molecular flexibility index (Phi) is 3.08. The predicted octanol–water partition coefficient (Wildman–Crippen LogP) is 1.48. The first-order valence-electron chi connectivity index (χ1n) is 6.52. The average molecular weight is 268 g/mol. The summed E-state index contributed by atoms with van der Waals surface area (Å²) in [4.78, 5) is 2.01. The zero-order valence-electron chi connectivity index (χ0n) is 10.7. The molecule has 0 radical (unpaired) electrons. The third-order valence-corrected chi connectivity index (χ3v) is 4.09. The molecule has 5 heteroatoms. The van der Waals surface area contributed by atoms with Crippen LogP contribution in [0.1, 0.15) is 5.56 Å². The van der Waals surface area contributed by atoms with Crippen molar-refractivity contribution in [3.8, 4) is 0 Å². The number of likely N-dealkylation sites (tertiary alicyclic amines) is 1. The van der Waals surface area contributed by atoms with E-state index >= 15 is 0 Å². The largest absolute Gasteiger partial charge is 0.379 e. The third kappa shape index (κ3) is 2.16. The highest BCUT2D eigenvalue weighted by molar-refractivity contribution is 5.16. The van der Waals surface area contributed by atoms with Gasteiger partial charge in [-0.25, -0.2) is 8.78 Å². The molecule has 2 N–H and O–H groups in total. The average Bonchev–Trinajstić information content (AvgIpc) is 2.34. The second kappa shape index (κ2) is 4.51. The number of nitrogens with two attached hydrogens (primary N) is 1. The second-order valence-electron chi connectivity index (χ2n) is 5.65.